The Morgan fingerprint density at radius 3 is 2.85 bits per heavy atom. The van der Waals surface area contributed by atoms with Gasteiger partial charge >= 0.3 is 0 Å². The lowest BCUT2D eigenvalue weighted by molar-refractivity contribution is -0.120. The molecule has 0 aliphatic carbocycles. The molecule has 68 valence electrons. The van der Waals surface area contributed by atoms with Crippen LogP contribution in [0.15, 0.2) is 24.5 Å². The molecular formula is C9H11N3O. The number of rotatable bonds is 1. The van der Waals surface area contributed by atoms with Crippen LogP contribution in [-0.4, -0.2) is 30.5 Å². The Labute approximate surface area is 76.6 Å². The molecule has 0 bridgehead atoms. The summed E-state index contributed by atoms with van der Waals surface area (Å²) in [5, 5.41) is 2.79. The van der Waals surface area contributed by atoms with E-state index in [0.717, 1.165) is 18.8 Å². The van der Waals surface area contributed by atoms with Gasteiger partial charge in [-0.3, -0.25) is 9.78 Å². The molecule has 1 aliphatic heterocycles. The molecule has 2 rings (SSSR count). The zero-order valence-electron chi connectivity index (χ0n) is 7.23. The average molecular weight is 177 g/mol. The number of carbonyl (C=O) groups is 1. The lowest BCUT2D eigenvalue weighted by Crippen LogP contribution is -2.47. The maximum Gasteiger partial charge on any atom is 0.239 e. The Balaban J connectivity index is 2.13. The minimum absolute atomic E-state index is 0.0862. The van der Waals surface area contributed by atoms with Gasteiger partial charge in [-0.15, -0.1) is 0 Å². The van der Waals surface area contributed by atoms with Crippen molar-refractivity contribution in [2.75, 3.05) is 24.5 Å². The molecule has 1 fully saturated rings. The molecule has 2 heterocycles. The third-order valence-electron chi connectivity index (χ3n) is 2.07. The van der Waals surface area contributed by atoms with Crippen LogP contribution in [0.5, 0.6) is 0 Å². The van der Waals surface area contributed by atoms with E-state index in [4.69, 9.17) is 0 Å². The molecule has 1 amide bonds. The number of hydrogen-bond acceptors (Lipinski definition) is 3. The van der Waals surface area contributed by atoms with Gasteiger partial charge in [-0.1, -0.05) is 0 Å². The molecule has 0 spiro atoms. The van der Waals surface area contributed by atoms with Gasteiger partial charge in [-0.25, -0.2) is 0 Å². The van der Waals surface area contributed by atoms with Gasteiger partial charge in [0.15, 0.2) is 0 Å². The molecule has 0 atom stereocenters. The van der Waals surface area contributed by atoms with Crippen LogP contribution in [0.2, 0.25) is 0 Å². The molecule has 4 heteroatoms. The van der Waals surface area contributed by atoms with E-state index in [9.17, 15) is 4.79 Å². The molecular weight excluding hydrogens is 166 g/mol. The smallest absolute Gasteiger partial charge is 0.239 e. The second kappa shape index (κ2) is 3.43. The van der Waals surface area contributed by atoms with Crippen LogP contribution in [0.25, 0.3) is 0 Å². The van der Waals surface area contributed by atoms with E-state index in [1.807, 2.05) is 17.0 Å². The summed E-state index contributed by atoms with van der Waals surface area (Å²) in [7, 11) is 0. The largest absolute Gasteiger partial charge is 0.360 e. The fourth-order valence-corrected chi connectivity index (χ4v) is 1.41. The van der Waals surface area contributed by atoms with Crippen molar-refractivity contribution >= 4 is 11.6 Å². The van der Waals surface area contributed by atoms with E-state index in [0.29, 0.717) is 6.54 Å². The van der Waals surface area contributed by atoms with Gasteiger partial charge in [-0.2, -0.15) is 0 Å². The first-order valence-corrected chi connectivity index (χ1v) is 4.28. The topological polar surface area (TPSA) is 45.2 Å². The van der Waals surface area contributed by atoms with Crippen LogP contribution >= 0.6 is 0 Å². The number of aromatic nitrogens is 1. The Hall–Kier alpha value is -1.58. The van der Waals surface area contributed by atoms with Gasteiger partial charge in [0.1, 0.15) is 0 Å². The SMILES string of the molecule is O=C1CN(c2ccncc2)CCN1. The molecule has 0 unspecified atom stereocenters. The maximum absolute atomic E-state index is 11.1. The summed E-state index contributed by atoms with van der Waals surface area (Å²) in [5.74, 6) is 0.0862. The second-order valence-corrected chi connectivity index (χ2v) is 2.98. The zero-order valence-corrected chi connectivity index (χ0v) is 7.23. The predicted molar refractivity (Wildman–Crippen MR) is 49.5 cm³/mol. The first kappa shape index (κ1) is 8.04. The highest BCUT2D eigenvalue weighted by Crippen LogP contribution is 2.12. The van der Waals surface area contributed by atoms with Crippen LogP contribution in [0.1, 0.15) is 0 Å². The fraction of sp³-hybridized carbons (Fsp3) is 0.333. The molecule has 4 nitrogen and oxygen atoms in total. The predicted octanol–water partition coefficient (Wildman–Crippen LogP) is 0.0178. The molecule has 0 aromatic carbocycles. The van der Waals surface area contributed by atoms with Gasteiger partial charge in [0.25, 0.3) is 0 Å². The number of piperazine rings is 1. The average Bonchev–Trinajstić information content (AvgIpc) is 2.19. The molecule has 1 N–H and O–H groups in total. The van der Waals surface area contributed by atoms with Crippen molar-refractivity contribution in [1.29, 1.82) is 0 Å². The molecule has 0 radical (unpaired) electrons. The summed E-state index contributed by atoms with van der Waals surface area (Å²) in [5.41, 5.74) is 1.06. The lowest BCUT2D eigenvalue weighted by atomic mass is 10.3. The number of carbonyl (C=O) groups excluding carboxylic acids is 1. The van der Waals surface area contributed by atoms with Gasteiger partial charge in [0.05, 0.1) is 6.54 Å². The Morgan fingerprint density at radius 2 is 2.15 bits per heavy atom. The molecule has 13 heavy (non-hydrogen) atoms. The lowest BCUT2D eigenvalue weighted by Gasteiger charge is -2.28. The summed E-state index contributed by atoms with van der Waals surface area (Å²) in [6.45, 7) is 2.04. The quantitative estimate of drug-likeness (QED) is 0.657. The van der Waals surface area contributed by atoms with E-state index >= 15 is 0 Å². The van der Waals surface area contributed by atoms with Crippen molar-refractivity contribution in [3.63, 3.8) is 0 Å². The van der Waals surface area contributed by atoms with Crippen molar-refractivity contribution in [2.24, 2.45) is 0 Å². The molecule has 1 saturated heterocycles. The van der Waals surface area contributed by atoms with Crippen molar-refractivity contribution < 1.29 is 4.79 Å². The Bertz CT molecular complexity index is 299. The Morgan fingerprint density at radius 1 is 1.38 bits per heavy atom. The van der Waals surface area contributed by atoms with Gasteiger partial charge in [0.2, 0.25) is 5.91 Å². The fourth-order valence-electron chi connectivity index (χ4n) is 1.41. The summed E-state index contributed by atoms with van der Waals surface area (Å²) in [6, 6.07) is 3.83. The number of amides is 1. The van der Waals surface area contributed by atoms with Crippen LogP contribution in [0, 0.1) is 0 Å². The second-order valence-electron chi connectivity index (χ2n) is 2.98. The number of pyridine rings is 1. The van der Waals surface area contributed by atoms with E-state index in [1.165, 1.54) is 0 Å². The number of nitrogens with one attached hydrogen (secondary N) is 1. The minimum Gasteiger partial charge on any atom is -0.360 e. The molecule has 1 aromatic heterocycles. The van der Waals surface area contributed by atoms with E-state index < -0.39 is 0 Å². The van der Waals surface area contributed by atoms with Gasteiger partial charge in [0, 0.05) is 31.2 Å². The first-order chi connectivity index (χ1) is 6.36. The third-order valence-corrected chi connectivity index (χ3v) is 2.07. The highest BCUT2D eigenvalue weighted by atomic mass is 16.2. The molecule has 1 aliphatic rings. The highest BCUT2D eigenvalue weighted by Gasteiger charge is 2.15. The highest BCUT2D eigenvalue weighted by molar-refractivity contribution is 5.82. The monoisotopic (exact) mass is 177 g/mol. The van der Waals surface area contributed by atoms with Crippen molar-refractivity contribution in [3.8, 4) is 0 Å². The van der Waals surface area contributed by atoms with Crippen LogP contribution in [0.4, 0.5) is 5.69 Å². The molecule has 0 saturated carbocycles. The number of hydrogen-bond donors (Lipinski definition) is 1. The number of nitrogens with zero attached hydrogens (tertiary/aromatic N) is 2. The van der Waals surface area contributed by atoms with E-state index in [2.05, 4.69) is 10.3 Å². The maximum atomic E-state index is 11.1. The summed E-state index contributed by atoms with van der Waals surface area (Å²) >= 11 is 0. The first-order valence-electron chi connectivity index (χ1n) is 4.28. The summed E-state index contributed by atoms with van der Waals surface area (Å²) < 4.78 is 0. The Kier molecular flexibility index (Phi) is 2.12. The van der Waals surface area contributed by atoms with Crippen LogP contribution < -0.4 is 10.2 Å². The van der Waals surface area contributed by atoms with Gasteiger partial charge in [-0.05, 0) is 12.1 Å². The number of anilines is 1. The van der Waals surface area contributed by atoms with Crippen molar-refractivity contribution in [1.82, 2.24) is 10.3 Å². The van der Waals surface area contributed by atoms with Crippen molar-refractivity contribution in [2.45, 2.75) is 0 Å². The van der Waals surface area contributed by atoms with E-state index in [-0.39, 0.29) is 5.91 Å². The third kappa shape index (κ3) is 1.77. The summed E-state index contributed by atoms with van der Waals surface area (Å²) in [4.78, 5) is 17.1. The minimum atomic E-state index is 0.0862. The summed E-state index contributed by atoms with van der Waals surface area (Å²) in [6.07, 6.45) is 3.48. The standard InChI is InChI=1S/C9H11N3O/c13-9-7-12(6-5-11-9)8-1-3-10-4-2-8/h1-4H,5-7H2,(H,11,13). The van der Waals surface area contributed by atoms with Crippen molar-refractivity contribution in [3.05, 3.63) is 24.5 Å². The van der Waals surface area contributed by atoms with Crippen LogP contribution in [0.3, 0.4) is 0 Å². The molecule has 1 aromatic rings. The zero-order chi connectivity index (χ0) is 9.10. The van der Waals surface area contributed by atoms with Crippen LogP contribution in [-0.2, 0) is 4.79 Å². The van der Waals surface area contributed by atoms with E-state index in [1.54, 1.807) is 12.4 Å². The van der Waals surface area contributed by atoms with Gasteiger partial charge < -0.3 is 10.2 Å². The normalized spacial score (nSPS) is 16.9.